The van der Waals surface area contributed by atoms with Crippen LogP contribution in [0.15, 0.2) is 29.5 Å². The number of benzene rings is 1. The van der Waals surface area contributed by atoms with Crippen molar-refractivity contribution in [3.05, 3.63) is 40.6 Å². The van der Waals surface area contributed by atoms with Gasteiger partial charge in [0.25, 0.3) is 5.91 Å². The Balaban J connectivity index is 2.13. The van der Waals surface area contributed by atoms with Gasteiger partial charge in [0.15, 0.2) is 0 Å². The average molecular weight is 448 g/mol. The molecule has 1 saturated heterocycles. The SMILES string of the molecule is COC(=O)C1=C(C(=O)OC)N(c2cc(C(=O)N3CCOCC3)ccc2C(=O)OC)COC1. The van der Waals surface area contributed by atoms with Crippen LogP contribution in [0.4, 0.5) is 5.69 Å². The van der Waals surface area contributed by atoms with Gasteiger partial charge in [-0.25, -0.2) is 14.4 Å². The first-order chi connectivity index (χ1) is 15.4. The molecule has 0 aliphatic carbocycles. The minimum absolute atomic E-state index is 0.0714. The van der Waals surface area contributed by atoms with Gasteiger partial charge in [-0.3, -0.25) is 4.79 Å². The first-order valence-electron chi connectivity index (χ1n) is 9.77. The molecular weight excluding hydrogens is 424 g/mol. The molecule has 0 spiro atoms. The van der Waals surface area contributed by atoms with Crippen molar-refractivity contribution in [3.8, 4) is 0 Å². The zero-order chi connectivity index (χ0) is 23.3. The third kappa shape index (κ3) is 4.58. The van der Waals surface area contributed by atoms with Crippen molar-refractivity contribution in [2.45, 2.75) is 0 Å². The van der Waals surface area contributed by atoms with Crippen LogP contribution in [0.1, 0.15) is 20.7 Å². The van der Waals surface area contributed by atoms with Gasteiger partial charge in [-0.1, -0.05) is 0 Å². The average Bonchev–Trinajstić information content (AvgIpc) is 2.86. The van der Waals surface area contributed by atoms with Gasteiger partial charge in [0, 0.05) is 18.7 Å². The Morgan fingerprint density at radius 1 is 0.875 bits per heavy atom. The maximum atomic E-state index is 13.0. The predicted molar refractivity (Wildman–Crippen MR) is 109 cm³/mol. The summed E-state index contributed by atoms with van der Waals surface area (Å²) < 4.78 is 25.2. The number of ether oxygens (including phenoxy) is 5. The third-order valence-corrected chi connectivity index (χ3v) is 5.07. The molecule has 1 fully saturated rings. The van der Waals surface area contributed by atoms with Crippen molar-refractivity contribution in [2.24, 2.45) is 0 Å². The van der Waals surface area contributed by atoms with Crippen LogP contribution >= 0.6 is 0 Å². The van der Waals surface area contributed by atoms with Gasteiger partial charge < -0.3 is 33.5 Å². The van der Waals surface area contributed by atoms with Crippen molar-refractivity contribution in [3.63, 3.8) is 0 Å². The van der Waals surface area contributed by atoms with Crippen LogP contribution in [0.3, 0.4) is 0 Å². The highest BCUT2D eigenvalue weighted by molar-refractivity contribution is 6.06. The minimum Gasteiger partial charge on any atom is -0.466 e. The summed E-state index contributed by atoms with van der Waals surface area (Å²) in [5, 5.41) is 0. The number of anilines is 1. The number of hydrogen-bond acceptors (Lipinski definition) is 10. The summed E-state index contributed by atoms with van der Waals surface area (Å²) in [6, 6.07) is 4.38. The smallest absolute Gasteiger partial charge is 0.355 e. The molecule has 32 heavy (non-hydrogen) atoms. The number of nitrogens with zero attached hydrogens (tertiary/aromatic N) is 2. The number of esters is 3. The van der Waals surface area contributed by atoms with E-state index < -0.39 is 17.9 Å². The second kappa shape index (κ2) is 10.2. The first-order valence-corrected chi connectivity index (χ1v) is 9.77. The highest BCUT2D eigenvalue weighted by Gasteiger charge is 2.35. The van der Waals surface area contributed by atoms with Crippen molar-refractivity contribution in [2.75, 3.05) is 65.9 Å². The summed E-state index contributed by atoms with van der Waals surface area (Å²) in [7, 11) is 3.55. The Labute approximate surface area is 184 Å². The molecule has 2 heterocycles. The second-order valence-electron chi connectivity index (χ2n) is 6.84. The zero-order valence-electron chi connectivity index (χ0n) is 18.0. The summed E-state index contributed by atoms with van der Waals surface area (Å²) >= 11 is 0. The molecule has 0 unspecified atom stereocenters. The summed E-state index contributed by atoms with van der Waals surface area (Å²) in [4.78, 5) is 53.3. The molecule has 11 nitrogen and oxygen atoms in total. The molecule has 0 aromatic heterocycles. The molecule has 2 aliphatic rings. The van der Waals surface area contributed by atoms with Gasteiger partial charge in [-0.15, -0.1) is 0 Å². The van der Waals surface area contributed by atoms with E-state index in [9.17, 15) is 19.2 Å². The third-order valence-electron chi connectivity index (χ3n) is 5.07. The highest BCUT2D eigenvalue weighted by atomic mass is 16.5. The van der Waals surface area contributed by atoms with E-state index in [4.69, 9.17) is 23.7 Å². The van der Waals surface area contributed by atoms with Gasteiger partial charge in [-0.2, -0.15) is 0 Å². The fourth-order valence-electron chi connectivity index (χ4n) is 3.45. The first kappa shape index (κ1) is 23.2. The minimum atomic E-state index is -0.825. The van der Waals surface area contributed by atoms with Gasteiger partial charge in [0.2, 0.25) is 0 Å². The van der Waals surface area contributed by atoms with Gasteiger partial charge in [0.05, 0.1) is 58.0 Å². The summed E-state index contributed by atoms with van der Waals surface area (Å²) in [5.74, 6) is -2.56. The predicted octanol–water partition coefficient (Wildman–Crippen LogP) is 0.340. The van der Waals surface area contributed by atoms with Gasteiger partial charge in [0.1, 0.15) is 12.4 Å². The summed E-state index contributed by atoms with van der Waals surface area (Å²) in [6.07, 6.45) is 0. The van der Waals surface area contributed by atoms with Crippen LogP contribution in [0.2, 0.25) is 0 Å². The monoisotopic (exact) mass is 448 g/mol. The molecule has 0 atom stereocenters. The topological polar surface area (TPSA) is 121 Å². The van der Waals surface area contributed by atoms with E-state index in [1.807, 2.05) is 0 Å². The quantitative estimate of drug-likeness (QED) is 0.460. The molecule has 1 amide bonds. The van der Waals surface area contributed by atoms with E-state index in [2.05, 4.69) is 0 Å². The van der Waals surface area contributed by atoms with Gasteiger partial charge in [-0.05, 0) is 18.2 Å². The fraction of sp³-hybridized carbons (Fsp3) is 0.429. The number of methoxy groups -OCH3 is 3. The van der Waals surface area contributed by atoms with E-state index in [1.54, 1.807) is 4.90 Å². The number of hydrogen-bond donors (Lipinski definition) is 0. The normalized spacial score (nSPS) is 16.5. The zero-order valence-corrected chi connectivity index (χ0v) is 18.0. The van der Waals surface area contributed by atoms with E-state index in [0.29, 0.717) is 26.3 Å². The highest BCUT2D eigenvalue weighted by Crippen LogP contribution is 2.31. The molecule has 172 valence electrons. The lowest BCUT2D eigenvalue weighted by molar-refractivity contribution is -0.140. The Morgan fingerprint density at radius 2 is 1.53 bits per heavy atom. The van der Waals surface area contributed by atoms with E-state index >= 15 is 0 Å². The molecule has 2 aliphatic heterocycles. The summed E-state index contributed by atoms with van der Waals surface area (Å²) in [6.45, 7) is 1.35. The molecule has 3 rings (SSSR count). The standard InChI is InChI=1S/C21H24N2O9/c1-28-19(25)14-5-4-13(18(24)22-6-8-31-9-7-22)10-16(14)23-12-32-11-15(20(26)29-2)17(23)21(27)30-3/h4-5,10H,6-9,11-12H2,1-3H3. The maximum absolute atomic E-state index is 13.0. The Kier molecular flexibility index (Phi) is 7.44. The number of carbonyl (C=O) groups excluding carboxylic acids is 4. The molecule has 0 N–H and O–H groups in total. The van der Waals surface area contributed by atoms with Crippen LogP contribution in [-0.4, -0.2) is 89.7 Å². The van der Waals surface area contributed by atoms with E-state index in [-0.39, 0.29) is 47.3 Å². The lowest BCUT2D eigenvalue weighted by Crippen LogP contribution is -2.41. The molecule has 1 aromatic carbocycles. The number of morpholine rings is 1. The molecule has 11 heteroatoms. The van der Waals surface area contributed by atoms with Crippen LogP contribution in [0, 0.1) is 0 Å². The maximum Gasteiger partial charge on any atom is 0.355 e. The molecule has 0 saturated carbocycles. The van der Waals surface area contributed by atoms with Crippen LogP contribution in [0.5, 0.6) is 0 Å². The van der Waals surface area contributed by atoms with Crippen molar-refractivity contribution >= 4 is 29.5 Å². The Morgan fingerprint density at radius 3 is 2.16 bits per heavy atom. The van der Waals surface area contributed by atoms with Crippen molar-refractivity contribution < 1.29 is 42.9 Å². The number of amides is 1. The van der Waals surface area contributed by atoms with E-state index in [0.717, 1.165) is 7.11 Å². The number of carbonyl (C=O) groups is 4. The molecule has 1 aromatic rings. The molecule has 0 bridgehead atoms. The molecule has 0 radical (unpaired) electrons. The van der Waals surface area contributed by atoms with Crippen molar-refractivity contribution in [1.82, 2.24) is 4.90 Å². The Bertz CT molecular complexity index is 951. The largest absolute Gasteiger partial charge is 0.466 e. The lowest BCUT2D eigenvalue weighted by atomic mass is 10.0. The van der Waals surface area contributed by atoms with Crippen LogP contribution in [-0.2, 0) is 33.3 Å². The van der Waals surface area contributed by atoms with Crippen LogP contribution < -0.4 is 4.90 Å². The van der Waals surface area contributed by atoms with E-state index in [1.165, 1.54) is 37.3 Å². The van der Waals surface area contributed by atoms with Gasteiger partial charge >= 0.3 is 17.9 Å². The Hall–Kier alpha value is -3.44. The molecular formula is C21H24N2O9. The van der Waals surface area contributed by atoms with Crippen molar-refractivity contribution in [1.29, 1.82) is 0 Å². The number of rotatable bonds is 5. The summed E-state index contributed by atoms with van der Waals surface area (Å²) in [5.41, 5.74) is 0.279. The fourth-order valence-corrected chi connectivity index (χ4v) is 3.45. The lowest BCUT2D eigenvalue weighted by Gasteiger charge is -2.33. The second-order valence-corrected chi connectivity index (χ2v) is 6.84. The van der Waals surface area contributed by atoms with Crippen LogP contribution in [0.25, 0.3) is 0 Å².